The minimum atomic E-state index is -0.110. The van der Waals surface area contributed by atoms with E-state index in [-0.39, 0.29) is 12.5 Å². The zero-order chi connectivity index (χ0) is 12.6. The molecular formula is C12H24N2O2. The predicted octanol–water partition coefficient (Wildman–Crippen LogP) is 2.20. The number of nitrogens with one attached hydrogen (secondary N) is 1. The van der Waals surface area contributed by atoms with Gasteiger partial charge in [0, 0.05) is 6.54 Å². The van der Waals surface area contributed by atoms with Crippen LogP contribution in [0.5, 0.6) is 0 Å². The van der Waals surface area contributed by atoms with E-state index in [4.69, 9.17) is 4.84 Å². The lowest BCUT2D eigenvalue weighted by Crippen LogP contribution is -2.28. The summed E-state index contributed by atoms with van der Waals surface area (Å²) < 4.78 is 0. The molecule has 0 aliphatic carbocycles. The van der Waals surface area contributed by atoms with Gasteiger partial charge >= 0.3 is 0 Å². The van der Waals surface area contributed by atoms with E-state index >= 15 is 0 Å². The number of oxime groups is 1. The van der Waals surface area contributed by atoms with E-state index in [0.717, 1.165) is 12.1 Å². The molecule has 4 heteroatoms. The molecule has 0 unspecified atom stereocenters. The Hall–Kier alpha value is -1.06. The third-order valence-corrected chi connectivity index (χ3v) is 2.28. The molecule has 0 saturated heterocycles. The SMILES string of the molecule is C/C(=N/OCC(=O)NCCC(C)C)C(C)C. The van der Waals surface area contributed by atoms with Crippen LogP contribution in [0.2, 0.25) is 0 Å². The molecule has 16 heavy (non-hydrogen) atoms. The molecule has 0 aromatic heterocycles. The van der Waals surface area contributed by atoms with Crippen molar-refractivity contribution >= 4 is 11.6 Å². The lowest BCUT2D eigenvalue weighted by Gasteiger charge is -2.07. The van der Waals surface area contributed by atoms with Gasteiger partial charge < -0.3 is 10.2 Å². The third kappa shape index (κ3) is 8.26. The smallest absolute Gasteiger partial charge is 0.260 e. The van der Waals surface area contributed by atoms with Crippen LogP contribution in [0.1, 0.15) is 41.0 Å². The molecule has 0 bridgehead atoms. The van der Waals surface area contributed by atoms with Gasteiger partial charge in [0.05, 0.1) is 5.71 Å². The lowest BCUT2D eigenvalue weighted by molar-refractivity contribution is -0.125. The Bertz CT molecular complexity index is 235. The van der Waals surface area contributed by atoms with Crippen molar-refractivity contribution in [2.75, 3.05) is 13.2 Å². The first kappa shape index (κ1) is 14.9. The van der Waals surface area contributed by atoms with Gasteiger partial charge in [-0.1, -0.05) is 32.9 Å². The maximum absolute atomic E-state index is 11.3. The van der Waals surface area contributed by atoms with Gasteiger partial charge in [-0.2, -0.15) is 0 Å². The highest BCUT2D eigenvalue weighted by molar-refractivity contribution is 5.83. The Morgan fingerprint density at radius 2 is 1.94 bits per heavy atom. The van der Waals surface area contributed by atoms with E-state index in [9.17, 15) is 4.79 Å². The molecule has 0 atom stereocenters. The maximum atomic E-state index is 11.3. The van der Waals surface area contributed by atoms with Crippen LogP contribution in [0.4, 0.5) is 0 Å². The Kier molecular flexibility index (Phi) is 7.60. The summed E-state index contributed by atoms with van der Waals surface area (Å²) in [6, 6.07) is 0. The molecule has 0 saturated carbocycles. The summed E-state index contributed by atoms with van der Waals surface area (Å²) in [6.07, 6.45) is 0.986. The van der Waals surface area contributed by atoms with Gasteiger partial charge in [0.25, 0.3) is 5.91 Å². The highest BCUT2D eigenvalue weighted by Gasteiger charge is 2.03. The summed E-state index contributed by atoms with van der Waals surface area (Å²) in [5.74, 6) is 0.840. The van der Waals surface area contributed by atoms with Crippen molar-refractivity contribution < 1.29 is 9.63 Å². The number of amides is 1. The second-order valence-electron chi connectivity index (χ2n) is 4.69. The molecule has 0 heterocycles. The predicted molar refractivity (Wildman–Crippen MR) is 66.4 cm³/mol. The normalized spacial score (nSPS) is 12.1. The van der Waals surface area contributed by atoms with Gasteiger partial charge in [0.15, 0.2) is 6.61 Å². The first-order valence-electron chi connectivity index (χ1n) is 5.86. The third-order valence-electron chi connectivity index (χ3n) is 2.28. The van der Waals surface area contributed by atoms with Crippen molar-refractivity contribution in [3.05, 3.63) is 0 Å². The van der Waals surface area contributed by atoms with E-state index in [1.807, 2.05) is 20.8 Å². The number of hydrogen-bond donors (Lipinski definition) is 1. The molecule has 1 amide bonds. The summed E-state index contributed by atoms with van der Waals surface area (Å²) >= 11 is 0. The van der Waals surface area contributed by atoms with Crippen molar-refractivity contribution in [2.24, 2.45) is 17.0 Å². The quantitative estimate of drug-likeness (QED) is 0.536. The molecular weight excluding hydrogens is 204 g/mol. The van der Waals surface area contributed by atoms with E-state index in [2.05, 4.69) is 24.3 Å². The molecule has 1 N–H and O–H groups in total. The Balaban J connectivity index is 3.62. The Morgan fingerprint density at radius 1 is 1.31 bits per heavy atom. The Labute approximate surface area is 98.4 Å². The van der Waals surface area contributed by atoms with Gasteiger partial charge in [-0.15, -0.1) is 0 Å². The van der Waals surface area contributed by atoms with Crippen molar-refractivity contribution in [1.29, 1.82) is 0 Å². The van der Waals surface area contributed by atoms with Crippen LogP contribution in [0.25, 0.3) is 0 Å². The summed E-state index contributed by atoms with van der Waals surface area (Å²) in [6.45, 7) is 10.9. The van der Waals surface area contributed by atoms with Gasteiger partial charge in [-0.25, -0.2) is 0 Å². The second kappa shape index (κ2) is 8.13. The Morgan fingerprint density at radius 3 is 2.44 bits per heavy atom. The first-order valence-corrected chi connectivity index (χ1v) is 5.86. The van der Waals surface area contributed by atoms with Gasteiger partial charge in [0.1, 0.15) is 0 Å². The minimum Gasteiger partial charge on any atom is -0.386 e. The average Bonchev–Trinajstić information content (AvgIpc) is 2.16. The summed E-state index contributed by atoms with van der Waals surface area (Å²) in [4.78, 5) is 16.2. The highest BCUT2D eigenvalue weighted by atomic mass is 16.6. The van der Waals surface area contributed by atoms with Crippen molar-refractivity contribution in [2.45, 2.75) is 41.0 Å². The van der Waals surface area contributed by atoms with Crippen LogP contribution in [0, 0.1) is 11.8 Å². The van der Waals surface area contributed by atoms with Crippen molar-refractivity contribution in [1.82, 2.24) is 5.32 Å². The number of carbonyl (C=O) groups excluding carboxylic acids is 1. The summed E-state index contributed by atoms with van der Waals surface area (Å²) in [7, 11) is 0. The fraction of sp³-hybridized carbons (Fsp3) is 0.833. The van der Waals surface area contributed by atoms with Gasteiger partial charge in [-0.3, -0.25) is 4.79 Å². The van der Waals surface area contributed by atoms with Gasteiger partial charge in [-0.05, 0) is 25.2 Å². The zero-order valence-corrected chi connectivity index (χ0v) is 11.0. The monoisotopic (exact) mass is 228 g/mol. The topological polar surface area (TPSA) is 50.7 Å². The van der Waals surface area contributed by atoms with E-state index in [0.29, 0.717) is 18.4 Å². The molecule has 0 spiro atoms. The molecule has 0 fully saturated rings. The number of rotatable bonds is 7. The van der Waals surface area contributed by atoms with Crippen molar-refractivity contribution in [3.8, 4) is 0 Å². The van der Waals surface area contributed by atoms with E-state index in [1.54, 1.807) is 0 Å². The molecule has 0 rings (SSSR count). The maximum Gasteiger partial charge on any atom is 0.260 e. The highest BCUT2D eigenvalue weighted by Crippen LogP contribution is 1.97. The molecule has 94 valence electrons. The van der Waals surface area contributed by atoms with Crippen LogP contribution in [-0.4, -0.2) is 24.8 Å². The summed E-state index contributed by atoms with van der Waals surface area (Å²) in [5.41, 5.74) is 0.898. The summed E-state index contributed by atoms with van der Waals surface area (Å²) in [5, 5.41) is 6.65. The standard InChI is InChI=1S/C12H24N2O2/c1-9(2)6-7-13-12(15)8-16-14-11(5)10(3)4/h9-10H,6-8H2,1-5H3,(H,13,15)/b14-11-. The van der Waals surface area contributed by atoms with Crippen LogP contribution in [0.3, 0.4) is 0 Å². The average molecular weight is 228 g/mol. The number of nitrogens with zero attached hydrogens (tertiary/aromatic N) is 1. The zero-order valence-electron chi connectivity index (χ0n) is 11.0. The largest absolute Gasteiger partial charge is 0.386 e. The lowest BCUT2D eigenvalue weighted by atomic mass is 10.1. The molecule has 0 aliphatic rings. The minimum absolute atomic E-state index is 0.00214. The van der Waals surface area contributed by atoms with E-state index in [1.165, 1.54) is 0 Å². The van der Waals surface area contributed by atoms with E-state index < -0.39 is 0 Å². The number of hydrogen-bond acceptors (Lipinski definition) is 3. The fourth-order valence-electron chi connectivity index (χ4n) is 0.849. The van der Waals surface area contributed by atoms with Crippen LogP contribution >= 0.6 is 0 Å². The van der Waals surface area contributed by atoms with Crippen molar-refractivity contribution in [3.63, 3.8) is 0 Å². The van der Waals surface area contributed by atoms with Crippen LogP contribution in [-0.2, 0) is 9.63 Å². The molecule has 0 aromatic carbocycles. The molecule has 4 nitrogen and oxygen atoms in total. The number of carbonyl (C=O) groups is 1. The van der Waals surface area contributed by atoms with Crippen LogP contribution in [0.15, 0.2) is 5.16 Å². The fourth-order valence-corrected chi connectivity index (χ4v) is 0.849. The molecule has 0 aliphatic heterocycles. The second-order valence-corrected chi connectivity index (χ2v) is 4.69. The van der Waals surface area contributed by atoms with Gasteiger partial charge in [0.2, 0.25) is 0 Å². The first-order chi connectivity index (χ1) is 7.43. The molecule has 0 aromatic rings. The van der Waals surface area contributed by atoms with Crippen LogP contribution < -0.4 is 5.32 Å². The molecule has 0 radical (unpaired) electrons.